The maximum Gasteiger partial charge on any atom is 0.459 e. The van der Waals surface area contributed by atoms with Gasteiger partial charge in [0.15, 0.2) is 6.10 Å². The van der Waals surface area contributed by atoms with Crippen molar-refractivity contribution in [3.63, 3.8) is 0 Å². The van der Waals surface area contributed by atoms with E-state index in [1.54, 1.807) is 24.9 Å². The SMILES string of the molecule is Cc1cn([C@@H]2O[C@H](COP(=O)(N[C@@H](C)C(=O)OC(C)C)Oc3ccccc3)C(F)(F)C2(F)F)c(=O)[nH]c1=O. The molecule has 3 rings (SSSR count). The summed E-state index contributed by atoms with van der Waals surface area (Å²) in [6.07, 6.45) is -5.41. The van der Waals surface area contributed by atoms with E-state index in [9.17, 15) is 36.5 Å². The number of hydrogen-bond acceptors (Lipinski definition) is 8. The van der Waals surface area contributed by atoms with Crippen LogP contribution in [0.25, 0.3) is 0 Å². The fraction of sp³-hybridized carbons (Fsp3) is 0.500. The van der Waals surface area contributed by atoms with E-state index in [2.05, 4.69) is 5.09 Å². The Kier molecular flexibility index (Phi) is 8.56. The van der Waals surface area contributed by atoms with Gasteiger partial charge in [0.05, 0.1) is 12.7 Å². The zero-order valence-corrected chi connectivity index (χ0v) is 21.5. The Morgan fingerprint density at radius 1 is 1.16 bits per heavy atom. The molecule has 1 aromatic carbocycles. The molecule has 1 saturated heterocycles. The van der Waals surface area contributed by atoms with E-state index in [1.807, 2.05) is 0 Å². The van der Waals surface area contributed by atoms with Crippen LogP contribution in [0.5, 0.6) is 5.75 Å². The summed E-state index contributed by atoms with van der Waals surface area (Å²) in [6, 6.07) is 5.98. The van der Waals surface area contributed by atoms with Gasteiger partial charge in [-0.1, -0.05) is 18.2 Å². The molecule has 0 radical (unpaired) electrons. The minimum atomic E-state index is -4.94. The molecule has 2 aromatic rings. The first-order valence-corrected chi connectivity index (χ1v) is 12.8. The third kappa shape index (κ3) is 6.17. The summed E-state index contributed by atoms with van der Waals surface area (Å²) in [5.41, 5.74) is -2.51. The zero-order valence-electron chi connectivity index (χ0n) is 20.7. The smallest absolute Gasteiger partial charge is 0.459 e. The van der Waals surface area contributed by atoms with Gasteiger partial charge in [0.1, 0.15) is 11.8 Å². The number of benzene rings is 1. The molecule has 2 heterocycles. The minimum absolute atomic E-state index is 0.0506. The second kappa shape index (κ2) is 11.0. The summed E-state index contributed by atoms with van der Waals surface area (Å²) >= 11 is 0. The highest BCUT2D eigenvalue weighted by atomic mass is 31.2. The van der Waals surface area contributed by atoms with E-state index in [1.165, 1.54) is 38.1 Å². The van der Waals surface area contributed by atoms with Gasteiger partial charge < -0.3 is 14.0 Å². The number of esters is 1. The molecule has 16 heteroatoms. The molecular formula is C22H26F4N3O8P. The Bertz CT molecular complexity index is 1320. The highest BCUT2D eigenvalue weighted by Crippen LogP contribution is 2.54. The lowest BCUT2D eigenvalue weighted by atomic mass is 10.1. The van der Waals surface area contributed by atoms with Crippen molar-refractivity contribution in [2.75, 3.05) is 6.61 Å². The quantitative estimate of drug-likeness (QED) is 0.252. The van der Waals surface area contributed by atoms with E-state index in [0.717, 1.165) is 0 Å². The minimum Gasteiger partial charge on any atom is -0.462 e. The Morgan fingerprint density at radius 2 is 1.79 bits per heavy atom. The number of nitrogens with zero attached hydrogens (tertiary/aromatic N) is 1. The van der Waals surface area contributed by atoms with Crippen molar-refractivity contribution >= 4 is 13.7 Å². The number of aromatic amines is 1. The Labute approximate surface area is 213 Å². The van der Waals surface area contributed by atoms with Crippen LogP contribution in [0.3, 0.4) is 0 Å². The summed E-state index contributed by atoms with van der Waals surface area (Å²) in [5.74, 6) is -10.8. The van der Waals surface area contributed by atoms with Gasteiger partial charge >= 0.3 is 31.3 Å². The average molecular weight is 567 g/mol. The van der Waals surface area contributed by atoms with Crippen molar-refractivity contribution in [1.82, 2.24) is 14.6 Å². The van der Waals surface area contributed by atoms with Crippen LogP contribution in [-0.4, -0.2) is 52.2 Å². The lowest BCUT2D eigenvalue weighted by Gasteiger charge is -2.26. The van der Waals surface area contributed by atoms with Crippen LogP contribution in [0.15, 0.2) is 46.1 Å². The van der Waals surface area contributed by atoms with Crippen molar-refractivity contribution in [1.29, 1.82) is 0 Å². The van der Waals surface area contributed by atoms with Crippen molar-refractivity contribution in [3.8, 4) is 5.75 Å². The van der Waals surface area contributed by atoms with Gasteiger partial charge in [0, 0.05) is 11.8 Å². The van der Waals surface area contributed by atoms with Gasteiger partial charge in [-0.3, -0.25) is 23.7 Å². The highest BCUT2D eigenvalue weighted by molar-refractivity contribution is 7.52. The van der Waals surface area contributed by atoms with Crippen molar-refractivity contribution in [2.24, 2.45) is 0 Å². The third-order valence-corrected chi connectivity index (χ3v) is 6.92. The number of H-pyrrole nitrogens is 1. The first kappa shape index (κ1) is 29.6. The molecule has 0 aliphatic carbocycles. The van der Waals surface area contributed by atoms with Crippen LogP contribution >= 0.6 is 7.75 Å². The van der Waals surface area contributed by atoms with Gasteiger partial charge in [0.2, 0.25) is 6.23 Å². The molecule has 2 N–H and O–H groups in total. The topological polar surface area (TPSA) is 138 Å². The van der Waals surface area contributed by atoms with E-state index >= 15 is 0 Å². The molecule has 0 bridgehead atoms. The van der Waals surface area contributed by atoms with Crippen LogP contribution in [0.1, 0.15) is 32.6 Å². The van der Waals surface area contributed by atoms with Crippen molar-refractivity contribution in [2.45, 2.75) is 64.0 Å². The normalized spacial score (nSPS) is 22.6. The maximum atomic E-state index is 14.8. The second-order valence-corrected chi connectivity index (χ2v) is 10.4. The van der Waals surface area contributed by atoms with E-state index < -0.39 is 67.9 Å². The number of aryl methyl sites for hydroxylation is 1. The molecule has 11 nitrogen and oxygen atoms in total. The summed E-state index contributed by atoms with van der Waals surface area (Å²) in [7, 11) is -4.69. The maximum absolute atomic E-state index is 14.8. The molecule has 1 aliphatic rings. The first-order valence-electron chi connectivity index (χ1n) is 11.3. The zero-order chi connectivity index (χ0) is 28.5. The lowest BCUT2D eigenvalue weighted by molar-refractivity contribution is -0.209. The average Bonchev–Trinajstić information content (AvgIpc) is 2.99. The van der Waals surface area contributed by atoms with Crippen LogP contribution in [0.4, 0.5) is 17.6 Å². The molecule has 38 heavy (non-hydrogen) atoms. The number of nitrogens with one attached hydrogen (secondary N) is 2. The predicted molar refractivity (Wildman–Crippen MR) is 124 cm³/mol. The third-order valence-electron chi connectivity index (χ3n) is 5.27. The molecule has 210 valence electrons. The summed E-state index contributed by atoms with van der Waals surface area (Å²) < 4.78 is 92.9. The van der Waals surface area contributed by atoms with Crippen molar-refractivity contribution < 1.29 is 45.4 Å². The number of rotatable bonds is 10. The summed E-state index contributed by atoms with van der Waals surface area (Å²) in [6.45, 7) is 4.14. The summed E-state index contributed by atoms with van der Waals surface area (Å²) in [4.78, 5) is 37.6. The Hall–Kier alpha value is -3.00. The van der Waals surface area contributed by atoms with Crippen LogP contribution in [0.2, 0.25) is 0 Å². The monoisotopic (exact) mass is 567 g/mol. The number of hydrogen-bond donors (Lipinski definition) is 2. The second-order valence-electron chi connectivity index (χ2n) is 8.74. The number of ether oxygens (including phenoxy) is 2. The molecule has 1 unspecified atom stereocenters. The Morgan fingerprint density at radius 3 is 2.39 bits per heavy atom. The number of alkyl halides is 4. The first-order chi connectivity index (χ1) is 17.6. The van der Waals surface area contributed by atoms with Crippen LogP contribution < -0.4 is 20.9 Å². The van der Waals surface area contributed by atoms with Gasteiger partial charge in [-0.25, -0.2) is 9.36 Å². The Balaban J connectivity index is 1.87. The molecular weight excluding hydrogens is 541 g/mol. The van der Waals surface area contributed by atoms with Gasteiger partial charge in [-0.2, -0.15) is 22.6 Å². The number of para-hydroxylation sites is 1. The number of halogens is 4. The molecule has 0 amide bonds. The van der Waals surface area contributed by atoms with E-state index in [4.69, 9.17) is 18.5 Å². The lowest BCUT2D eigenvalue weighted by Crippen LogP contribution is -2.48. The molecule has 1 aliphatic heterocycles. The molecule has 0 saturated carbocycles. The number of carbonyl (C=O) groups excluding carboxylic acids is 1. The molecule has 1 aromatic heterocycles. The standard InChI is InChI=1S/C22H26F4N3O8P/c1-12(2)35-18(31)14(4)28-38(33,37-15-8-6-5-7-9-15)34-11-16-21(23,24)22(25,26)19(36-16)29-10-13(3)17(30)27-20(29)32/h5-10,12,14,16,19H,11H2,1-4H3,(H,28,33)(H,27,30,32)/t14-,16+,19+,38?/m0/s1. The van der Waals surface area contributed by atoms with Gasteiger partial charge in [-0.15, -0.1) is 0 Å². The number of carbonyl (C=O) groups is 1. The summed E-state index contributed by atoms with van der Waals surface area (Å²) in [5, 5.41) is 2.24. The van der Waals surface area contributed by atoms with Crippen LogP contribution in [-0.2, 0) is 23.4 Å². The number of aromatic nitrogens is 2. The van der Waals surface area contributed by atoms with Crippen LogP contribution in [0, 0.1) is 6.92 Å². The molecule has 1 fully saturated rings. The fourth-order valence-corrected chi connectivity index (χ4v) is 4.84. The van der Waals surface area contributed by atoms with E-state index in [-0.39, 0.29) is 15.9 Å². The largest absolute Gasteiger partial charge is 0.462 e. The molecule has 0 spiro atoms. The van der Waals surface area contributed by atoms with Crippen molar-refractivity contribution in [3.05, 3.63) is 62.9 Å². The molecule has 4 atom stereocenters. The fourth-order valence-electron chi connectivity index (χ4n) is 3.35. The van der Waals surface area contributed by atoms with Gasteiger partial charge in [-0.05, 0) is 39.8 Å². The predicted octanol–water partition coefficient (Wildman–Crippen LogP) is 3.15. The van der Waals surface area contributed by atoms with E-state index in [0.29, 0.717) is 6.20 Å². The van der Waals surface area contributed by atoms with Gasteiger partial charge in [0.25, 0.3) is 5.56 Å². The highest BCUT2D eigenvalue weighted by Gasteiger charge is 2.73.